The van der Waals surface area contributed by atoms with E-state index in [9.17, 15) is 4.79 Å². The molecule has 1 aromatic carbocycles. The summed E-state index contributed by atoms with van der Waals surface area (Å²) in [5.41, 5.74) is 0.937. The van der Waals surface area contributed by atoms with Crippen LogP contribution in [0, 0.1) is 11.8 Å². The second-order valence-corrected chi connectivity index (χ2v) is 4.99. The Labute approximate surface area is 114 Å². The number of anilines is 1. The number of carbonyl (C=O) groups excluding carboxylic acids is 1. The Bertz CT molecular complexity index is 426. The molecule has 104 valence electrons. The van der Waals surface area contributed by atoms with Crippen molar-refractivity contribution in [2.45, 2.75) is 13.8 Å². The predicted octanol–water partition coefficient (Wildman–Crippen LogP) is 1.90. The van der Waals surface area contributed by atoms with Crippen molar-refractivity contribution in [2.75, 3.05) is 31.6 Å². The third-order valence-electron chi connectivity index (χ3n) is 3.88. The Morgan fingerprint density at radius 3 is 2.47 bits per heavy atom. The summed E-state index contributed by atoms with van der Waals surface area (Å²) in [6.45, 7) is 6.63. The van der Waals surface area contributed by atoms with E-state index in [1.165, 1.54) is 0 Å². The van der Waals surface area contributed by atoms with Gasteiger partial charge in [-0.3, -0.25) is 4.79 Å². The number of carbonyl (C=O) groups is 1. The summed E-state index contributed by atoms with van der Waals surface area (Å²) in [5.74, 6) is 1.56. The highest BCUT2D eigenvalue weighted by Crippen LogP contribution is 2.24. The van der Waals surface area contributed by atoms with Crippen LogP contribution in [0.25, 0.3) is 0 Å². The van der Waals surface area contributed by atoms with Crippen molar-refractivity contribution in [2.24, 2.45) is 11.8 Å². The average molecular weight is 262 g/mol. The van der Waals surface area contributed by atoms with Crippen LogP contribution in [0.5, 0.6) is 5.75 Å². The summed E-state index contributed by atoms with van der Waals surface area (Å²) in [4.78, 5) is 14.4. The number of hydrogen-bond acceptors (Lipinski definition) is 3. The zero-order chi connectivity index (χ0) is 13.8. The van der Waals surface area contributed by atoms with E-state index < -0.39 is 0 Å². The molecule has 1 aromatic rings. The van der Waals surface area contributed by atoms with Gasteiger partial charge in [-0.05, 0) is 50.2 Å². The van der Waals surface area contributed by atoms with Crippen molar-refractivity contribution in [3.8, 4) is 5.75 Å². The molecular formula is C15H22N2O2. The number of benzene rings is 1. The minimum atomic E-state index is 0.0725. The highest BCUT2D eigenvalue weighted by atomic mass is 16.5. The highest BCUT2D eigenvalue weighted by molar-refractivity contribution is 5.95. The molecule has 2 rings (SSSR count). The Morgan fingerprint density at radius 2 is 2.05 bits per heavy atom. The molecule has 1 saturated heterocycles. The summed E-state index contributed by atoms with van der Waals surface area (Å²) in [6, 6.07) is 7.65. The zero-order valence-electron chi connectivity index (χ0n) is 11.8. The van der Waals surface area contributed by atoms with Crippen LogP contribution in [0.1, 0.15) is 13.8 Å². The number of hydrogen-bond donors (Lipinski definition) is 1. The van der Waals surface area contributed by atoms with E-state index in [1.807, 2.05) is 43.0 Å². The van der Waals surface area contributed by atoms with Gasteiger partial charge in [0.25, 0.3) is 0 Å². The van der Waals surface area contributed by atoms with Crippen molar-refractivity contribution < 1.29 is 9.53 Å². The van der Waals surface area contributed by atoms with Gasteiger partial charge in [0.05, 0.1) is 7.11 Å². The molecular weight excluding hydrogens is 240 g/mol. The van der Waals surface area contributed by atoms with E-state index in [2.05, 4.69) is 5.32 Å². The van der Waals surface area contributed by atoms with Crippen molar-refractivity contribution in [3.05, 3.63) is 24.3 Å². The normalized spacial score (nSPS) is 16.6. The van der Waals surface area contributed by atoms with Gasteiger partial charge >= 0.3 is 0 Å². The minimum Gasteiger partial charge on any atom is -0.497 e. The summed E-state index contributed by atoms with van der Waals surface area (Å²) in [7, 11) is 1.64. The molecule has 19 heavy (non-hydrogen) atoms. The van der Waals surface area contributed by atoms with E-state index in [0.29, 0.717) is 12.5 Å². The molecule has 4 heteroatoms. The number of ether oxygens (including phenoxy) is 1. The van der Waals surface area contributed by atoms with Crippen molar-refractivity contribution in [3.63, 3.8) is 0 Å². The second kappa shape index (κ2) is 6.06. The first kappa shape index (κ1) is 13.9. The Morgan fingerprint density at radius 1 is 1.42 bits per heavy atom. The van der Waals surface area contributed by atoms with Crippen molar-refractivity contribution in [1.29, 1.82) is 0 Å². The van der Waals surface area contributed by atoms with Crippen LogP contribution < -0.4 is 15.0 Å². The fourth-order valence-electron chi connectivity index (χ4n) is 2.34. The maximum absolute atomic E-state index is 12.5. The lowest BCUT2D eigenvalue weighted by Crippen LogP contribution is -2.50. The smallest absolute Gasteiger partial charge is 0.230 e. The second-order valence-electron chi connectivity index (χ2n) is 4.99. The number of rotatable bonds is 5. The van der Waals surface area contributed by atoms with Gasteiger partial charge in [-0.15, -0.1) is 0 Å². The van der Waals surface area contributed by atoms with Gasteiger partial charge in [0.15, 0.2) is 0 Å². The molecule has 0 saturated carbocycles. The zero-order valence-corrected chi connectivity index (χ0v) is 11.8. The summed E-state index contributed by atoms with van der Waals surface area (Å²) in [5, 5.41) is 3.22. The lowest BCUT2D eigenvalue weighted by atomic mass is 9.88. The molecule has 0 radical (unpaired) electrons. The molecule has 0 aromatic heterocycles. The first-order chi connectivity index (χ1) is 9.17. The summed E-state index contributed by atoms with van der Waals surface area (Å²) in [6.07, 6.45) is 0. The molecule has 1 fully saturated rings. The first-order valence-corrected chi connectivity index (χ1v) is 6.83. The van der Waals surface area contributed by atoms with Crippen LogP contribution >= 0.6 is 0 Å². The van der Waals surface area contributed by atoms with Gasteiger partial charge < -0.3 is 15.0 Å². The van der Waals surface area contributed by atoms with E-state index >= 15 is 0 Å². The molecule has 1 aliphatic heterocycles. The molecule has 0 bridgehead atoms. The van der Waals surface area contributed by atoms with E-state index in [-0.39, 0.29) is 11.8 Å². The predicted molar refractivity (Wildman–Crippen MR) is 76.5 cm³/mol. The first-order valence-electron chi connectivity index (χ1n) is 6.83. The largest absolute Gasteiger partial charge is 0.497 e. The fourth-order valence-corrected chi connectivity index (χ4v) is 2.34. The van der Waals surface area contributed by atoms with Crippen LogP contribution in [-0.2, 0) is 4.79 Å². The van der Waals surface area contributed by atoms with Crippen LogP contribution in [-0.4, -0.2) is 32.7 Å². The van der Waals surface area contributed by atoms with E-state index in [0.717, 1.165) is 24.5 Å². The SMILES string of the molecule is CCN(C(=O)C(C)C1CNC1)c1ccc(OC)cc1. The Balaban J connectivity index is 2.11. The van der Waals surface area contributed by atoms with Crippen molar-refractivity contribution in [1.82, 2.24) is 5.32 Å². The minimum absolute atomic E-state index is 0.0725. The van der Waals surface area contributed by atoms with Crippen LogP contribution in [0.2, 0.25) is 0 Å². The molecule has 0 aliphatic carbocycles. The summed E-state index contributed by atoms with van der Waals surface area (Å²) >= 11 is 0. The topological polar surface area (TPSA) is 41.6 Å². The van der Waals surface area contributed by atoms with Gasteiger partial charge in [0.2, 0.25) is 5.91 Å². The van der Waals surface area contributed by atoms with Gasteiger partial charge in [-0.2, -0.15) is 0 Å². The maximum Gasteiger partial charge on any atom is 0.230 e. The average Bonchev–Trinajstić information content (AvgIpc) is 2.38. The molecule has 1 unspecified atom stereocenters. The van der Waals surface area contributed by atoms with Crippen LogP contribution in [0.15, 0.2) is 24.3 Å². The molecule has 4 nitrogen and oxygen atoms in total. The molecule has 1 aliphatic rings. The van der Waals surface area contributed by atoms with E-state index in [1.54, 1.807) is 7.11 Å². The van der Waals surface area contributed by atoms with Gasteiger partial charge in [-0.25, -0.2) is 0 Å². The van der Waals surface area contributed by atoms with Gasteiger partial charge in [0.1, 0.15) is 5.75 Å². The monoisotopic (exact) mass is 262 g/mol. The van der Waals surface area contributed by atoms with E-state index in [4.69, 9.17) is 4.74 Å². The fraction of sp³-hybridized carbons (Fsp3) is 0.533. The molecule has 1 amide bonds. The summed E-state index contributed by atoms with van der Waals surface area (Å²) < 4.78 is 5.14. The maximum atomic E-state index is 12.5. The lowest BCUT2D eigenvalue weighted by Gasteiger charge is -2.34. The molecule has 1 atom stereocenters. The third-order valence-corrected chi connectivity index (χ3v) is 3.88. The molecule has 1 heterocycles. The number of nitrogens with zero attached hydrogens (tertiary/aromatic N) is 1. The third kappa shape index (κ3) is 2.89. The molecule has 1 N–H and O–H groups in total. The highest BCUT2D eigenvalue weighted by Gasteiger charge is 2.31. The van der Waals surface area contributed by atoms with Crippen LogP contribution in [0.4, 0.5) is 5.69 Å². The van der Waals surface area contributed by atoms with Gasteiger partial charge in [0, 0.05) is 18.2 Å². The van der Waals surface area contributed by atoms with Gasteiger partial charge in [-0.1, -0.05) is 6.92 Å². The lowest BCUT2D eigenvalue weighted by molar-refractivity contribution is -0.124. The number of nitrogens with one attached hydrogen (secondary N) is 1. The standard InChI is InChI=1S/C15H22N2O2/c1-4-17(13-5-7-14(19-3)8-6-13)15(18)11(2)12-9-16-10-12/h5-8,11-12,16H,4,9-10H2,1-3H3. The Hall–Kier alpha value is -1.55. The number of amides is 1. The number of methoxy groups -OCH3 is 1. The quantitative estimate of drug-likeness (QED) is 0.881. The molecule has 0 spiro atoms. The van der Waals surface area contributed by atoms with Crippen molar-refractivity contribution >= 4 is 11.6 Å². The Kier molecular flexibility index (Phi) is 4.43. The van der Waals surface area contributed by atoms with Crippen LogP contribution in [0.3, 0.4) is 0 Å².